The molecule has 4 heterocycles. The summed E-state index contributed by atoms with van der Waals surface area (Å²) in [6, 6.07) is 3.76. The first-order valence-electron chi connectivity index (χ1n) is 8.17. The van der Waals surface area contributed by atoms with E-state index in [1.165, 1.54) is 0 Å². The largest absolute Gasteiger partial charge is 0.390 e. The van der Waals surface area contributed by atoms with Gasteiger partial charge in [-0.25, -0.2) is 9.50 Å². The molecule has 0 bridgehead atoms. The Morgan fingerprint density at radius 1 is 1.20 bits per heavy atom. The van der Waals surface area contributed by atoms with Crippen LogP contribution in [0.4, 0.5) is 0 Å². The van der Waals surface area contributed by atoms with E-state index in [1.54, 1.807) is 9.42 Å². The molecule has 1 amide bonds. The standard InChI is InChI=1S/C16H19N7O2/c1-10-5-11(2)23-16(17-10)18-14(20-23)7-15(25)21-3-4-22-13(8-21)6-12(9-24)19-22/h5-6,24H,3-4,7-9H2,1-2H3. The molecule has 0 spiro atoms. The van der Waals surface area contributed by atoms with Crippen LogP contribution in [0, 0.1) is 13.8 Å². The fourth-order valence-electron chi connectivity index (χ4n) is 3.15. The number of rotatable bonds is 3. The fourth-order valence-corrected chi connectivity index (χ4v) is 3.15. The van der Waals surface area contributed by atoms with Gasteiger partial charge in [0, 0.05) is 17.9 Å². The van der Waals surface area contributed by atoms with Gasteiger partial charge in [-0.1, -0.05) is 0 Å². The summed E-state index contributed by atoms with van der Waals surface area (Å²) in [7, 11) is 0. The van der Waals surface area contributed by atoms with Crippen molar-refractivity contribution in [2.24, 2.45) is 0 Å². The van der Waals surface area contributed by atoms with E-state index in [1.807, 2.05) is 30.7 Å². The molecule has 1 aliphatic rings. The molecule has 9 heteroatoms. The van der Waals surface area contributed by atoms with Gasteiger partial charge in [-0.3, -0.25) is 9.48 Å². The molecule has 3 aromatic rings. The monoisotopic (exact) mass is 341 g/mol. The molecule has 3 aromatic heterocycles. The number of aromatic nitrogens is 6. The molecule has 0 unspecified atom stereocenters. The van der Waals surface area contributed by atoms with Crippen LogP contribution >= 0.6 is 0 Å². The molecule has 0 fully saturated rings. The van der Waals surface area contributed by atoms with E-state index in [0.717, 1.165) is 17.1 Å². The zero-order valence-corrected chi connectivity index (χ0v) is 14.2. The molecule has 0 saturated heterocycles. The predicted molar refractivity (Wildman–Crippen MR) is 87.5 cm³/mol. The Bertz CT molecular complexity index is 959. The van der Waals surface area contributed by atoms with E-state index in [9.17, 15) is 9.90 Å². The number of carbonyl (C=O) groups is 1. The number of amides is 1. The molecule has 0 atom stereocenters. The van der Waals surface area contributed by atoms with E-state index >= 15 is 0 Å². The van der Waals surface area contributed by atoms with Crippen molar-refractivity contribution in [3.63, 3.8) is 0 Å². The maximum Gasteiger partial charge on any atom is 0.252 e. The van der Waals surface area contributed by atoms with E-state index in [0.29, 0.717) is 36.9 Å². The smallest absolute Gasteiger partial charge is 0.252 e. The highest BCUT2D eigenvalue weighted by Gasteiger charge is 2.23. The Hall–Kier alpha value is -2.81. The van der Waals surface area contributed by atoms with E-state index in [4.69, 9.17) is 0 Å². The van der Waals surface area contributed by atoms with Crippen LogP contribution < -0.4 is 0 Å². The average Bonchev–Trinajstić information content (AvgIpc) is 3.17. The Balaban J connectivity index is 1.51. The second-order valence-electron chi connectivity index (χ2n) is 6.28. The van der Waals surface area contributed by atoms with Crippen LogP contribution in [0.2, 0.25) is 0 Å². The van der Waals surface area contributed by atoms with Gasteiger partial charge >= 0.3 is 0 Å². The predicted octanol–water partition coefficient (Wildman–Crippen LogP) is 0.0148. The van der Waals surface area contributed by atoms with Crippen LogP contribution in [-0.2, 0) is 30.9 Å². The van der Waals surface area contributed by atoms with Crippen molar-refractivity contribution >= 4 is 11.7 Å². The molecule has 0 aliphatic carbocycles. The lowest BCUT2D eigenvalue weighted by Gasteiger charge is -2.27. The lowest BCUT2D eigenvalue weighted by Crippen LogP contribution is -2.39. The van der Waals surface area contributed by atoms with Gasteiger partial charge in [-0.15, -0.1) is 5.10 Å². The Kier molecular flexibility index (Phi) is 3.72. The van der Waals surface area contributed by atoms with Gasteiger partial charge in [0.25, 0.3) is 5.78 Å². The summed E-state index contributed by atoms with van der Waals surface area (Å²) in [6.45, 7) is 5.44. The fraction of sp³-hybridized carbons (Fsp3) is 0.438. The SMILES string of the molecule is Cc1cc(C)n2nc(CC(=O)N3CCn4nc(CO)cc4C3)nc2n1. The molecule has 9 nitrogen and oxygen atoms in total. The van der Waals surface area contributed by atoms with Crippen LogP contribution in [0.15, 0.2) is 12.1 Å². The number of aliphatic hydroxyl groups is 1. The molecular weight excluding hydrogens is 322 g/mol. The van der Waals surface area contributed by atoms with E-state index in [-0.39, 0.29) is 18.9 Å². The summed E-state index contributed by atoms with van der Waals surface area (Å²) in [5.74, 6) is 0.967. The maximum absolute atomic E-state index is 12.6. The third kappa shape index (κ3) is 2.86. The van der Waals surface area contributed by atoms with Crippen LogP contribution in [0.25, 0.3) is 5.78 Å². The van der Waals surface area contributed by atoms with Gasteiger partial charge in [-0.2, -0.15) is 10.1 Å². The maximum atomic E-state index is 12.6. The van der Waals surface area contributed by atoms with Gasteiger partial charge in [0.2, 0.25) is 5.91 Å². The first kappa shape index (κ1) is 15.7. The van der Waals surface area contributed by atoms with Crippen LogP contribution in [-0.4, -0.2) is 51.8 Å². The second-order valence-corrected chi connectivity index (χ2v) is 6.28. The molecule has 1 N–H and O–H groups in total. The molecule has 4 rings (SSSR count). The molecule has 0 radical (unpaired) electrons. The molecule has 25 heavy (non-hydrogen) atoms. The lowest BCUT2D eigenvalue weighted by molar-refractivity contribution is -0.132. The molecular formula is C16H19N7O2. The molecule has 130 valence electrons. The Morgan fingerprint density at radius 3 is 2.84 bits per heavy atom. The summed E-state index contributed by atoms with van der Waals surface area (Å²) < 4.78 is 3.50. The normalized spacial score (nSPS) is 14.1. The van der Waals surface area contributed by atoms with Gasteiger partial charge < -0.3 is 10.0 Å². The third-order valence-corrected chi connectivity index (χ3v) is 4.33. The highest BCUT2D eigenvalue weighted by Crippen LogP contribution is 2.15. The zero-order valence-electron chi connectivity index (χ0n) is 14.2. The summed E-state index contributed by atoms with van der Waals surface area (Å²) in [5.41, 5.74) is 3.37. The minimum absolute atomic E-state index is 0.0247. The Labute approximate surface area is 143 Å². The number of hydrogen-bond acceptors (Lipinski definition) is 6. The molecule has 0 aromatic carbocycles. The van der Waals surface area contributed by atoms with E-state index < -0.39 is 0 Å². The lowest BCUT2D eigenvalue weighted by atomic mass is 10.2. The number of carbonyl (C=O) groups excluding carboxylic acids is 1. The van der Waals surface area contributed by atoms with Crippen molar-refractivity contribution < 1.29 is 9.90 Å². The van der Waals surface area contributed by atoms with Crippen molar-refractivity contribution in [3.8, 4) is 0 Å². The van der Waals surface area contributed by atoms with Crippen molar-refractivity contribution in [2.45, 2.75) is 40.0 Å². The van der Waals surface area contributed by atoms with Crippen molar-refractivity contribution in [3.05, 3.63) is 40.7 Å². The van der Waals surface area contributed by atoms with Gasteiger partial charge in [0.1, 0.15) is 0 Å². The highest BCUT2D eigenvalue weighted by atomic mass is 16.3. The summed E-state index contributed by atoms with van der Waals surface area (Å²) in [5, 5.41) is 17.9. The summed E-state index contributed by atoms with van der Waals surface area (Å²) >= 11 is 0. The minimum atomic E-state index is -0.0924. The molecule has 1 aliphatic heterocycles. The van der Waals surface area contributed by atoms with Crippen molar-refractivity contribution in [2.75, 3.05) is 6.54 Å². The van der Waals surface area contributed by atoms with Crippen LogP contribution in [0.5, 0.6) is 0 Å². The molecule has 0 saturated carbocycles. The third-order valence-electron chi connectivity index (χ3n) is 4.33. The first-order chi connectivity index (χ1) is 12.0. The first-order valence-corrected chi connectivity index (χ1v) is 8.17. The van der Waals surface area contributed by atoms with Crippen molar-refractivity contribution in [1.82, 2.24) is 34.3 Å². The van der Waals surface area contributed by atoms with Gasteiger partial charge in [-0.05, 0) is 26.0 Å². The number of fused-ring (bicyclic) bond motifs is 2. The van der Waals surface area contributed by atoms with Crippen LogP contribution in [0.3, 0.4) is 0 Å². The summed E-state index contributed by atoms with van der Waals surface area (Å²) in [4.78, 5) is 23.1. The topological polar surface area (TPSA) is 101 Å². The minimum Gasteiger partial charge on any atom is -0.390 e. The zero-order chi connectivity index (χ0) is 17.6. The second kappa shape index (κ2) is 5.92. The highest BCUT2D eigenvalue weighted by molar-refractivity contribution is 5.78. The quantitative estimate of drug-likeness (QED) is 0.720. The average molecular weight is 341 g/mol. The number of nitrogens with zero attached hydrogens (tertiary/aromatic N) is 7. The van der Waals surface area contributed by atoms with Gasteiger partial charge in [0.15, 0.2) is 5.82 Å². The van der Waals surface area contributed by atoms with E-state index in [2.05, 4.69) is 20.2 Å². The number of aryl methyl sites for hydroxylation is 2. The van der Waals surface area contributed by atoms with Crippen molar-refractivity contribution in [1.29, 1.82) is 0 Å². The van der Waals surface area contributed by atoms with Crippen LogP contribution in [0.1, 0.15) is 28.6 Å². The Morgan fingerprint density at radius 2 is 2.04 bits per heavy atom. The number of aliphatic hydroxyl groups excluding tert-OH is 1. The number of hydrogen-bond donors (Lipinski definition) is 1. The summed E-state index contributed by atoms with van der Waals surface area (Å²) in [6.07, 6.45) is 0.142. The van der Waals surface area contributed by atoms with Gasteiger partial charge in [0.05, 0.1) is 37.5 Å².